The fourth-order valence-corrected chi connectivity index (χ4v) is 5.21. The monoisotopic (exact) mass is 439 g/mol. The number of methoxy groups -OCH3 is 1. The van der Waals surface area contributed by atoms with Gasteiger partial charge in [-0.3, -0.25) is 0 Å². The maximum Gasteiger partial charge on any atom is 0.164 e. The highest BCUT2D eigenvalue weighted by Crippen LogP contribution is 2.32. The largest absolute Gasteiger partial charge is 0.497 e. The lowest BCUT2D eigenvalue weighted by atomic mass is 10.0. The van der Waals surface area contributed by atoms with E-state index in [9.17, 15) is 0 Å². The molecular formula is C25H33N3O2S. The predicted octanol–water partition coefficient (Wildman–Crippen LogP) is 4.59. The van der Waals surface area contributed by atoms with Crippen molar-refractivity contribution in [2.24, 2.45) is 4.99 Å². The second-order valence-corrected chi connectivity index (χ2v) is 9.15. The summed E-state index contributed by atoms with van der Waals surface area (Å²) in [4.78, 5) is 9.85. The van der Waals surface area contributed by atoms with Gasteiger partial charge in [-0.1, -0.05) is 42.1 Å². The molecule has 2 heterocycles. The molecule has 5 nitrogen and oxygen atoms in total. The molecule has 166 valence electrons. The van der Waals surface area contributed by atoms with Gasteiger partial charge in [-0.05, 0) is 48.6 Å². The van der Waals surface area contributed by atoms with Gasteiger partial charge < -0.3 is 19.3 Å². The number of thioether (sulfide) groups is 1. The Labute approximate surface area is 190 Å². The molecule has 31 heavy (non-hydrogen) atoms. The Morgan fingerprint density at radius 3 is 2.61 bits per heavy atom. The lowest BCUT2D eigenvalue weighted by molar-refractivity contribution is 0.0877. The van der Waals surface area contributed by atoms with E-state index >= 15 is 0 Å². The number of likely N-dealkylation sites (tertiary alicyclic amines) is 1. The van der Waals surface area contributed by atoms with Crippen LogP contribution in [0.1, 0.15) is 24.0 Å². The Kier molecular flexibility index (Phi) is 7.89. The molecule has 0 unspecified atom stereocenters. The van der Waals surface area contributed by atoms with Gasteiger partial charge in [0.25, 0.3) is 0 Å². The number of ether oxygens (including phenoxy) is 2. The van der Waals surface area contributed by atoms with Crippen LogP contribution in [-0.4, -0.2) is 68.0 Å². The van der Waals surface area contributed by atoms with Gasteiger partial charge in [0, 0.05) is 38.5 Å². The van der Waals surface area contributed by atoms with Gasteiger partial charge in [0.1, 0.15) is 5.75 Å². The molecule has 2 aromatic carbocycles. The Balaban J connectivity index is 1.14. The molecule has 0 bridgehead atoms. The number of hydrogen-bond donors (Lipinski definition) is 0. The average molecular weight is 440 g/mol. The summed E-state index contributed by atoms with van der Waals surface area (Å²) in [6.07, 6.45) is 3.31. The predicted molar refractivity (Wildman–Crippen MR) is 130 cm³/mol. The number of fused-ring (bicyclic) bond motifs is 1. The van der Waals surface area contributed by atoms with Crippen molar-refractivity contribution in [2.75, 3.05) is 47.0 Å². The lowest BCUT2D eigenvalue weighted by Gasteiger charge is -2.38. The van der Waals surface area contributed by atoms with Crippen molar-refractivity contribution in [3.63, 3.8) is 0 Å². The van der Waals surface area contributed by atoms with Crippen LogP contribution in [0.5, 0.6) is 5.75 Å². The van der Waals surface area contributed by atoms with Crippen molar-refractivity contribution < 1.29 is 9.47 Å². The van der Waals surface area contributed by atoms with Crippen molar-refractivity contribution >= 4 is 22.6 Å². The zero-order valence-corrected chi connectivity index (χ0v) is 19.4. The maximum absolute atomic E-state index is 5.89. The van der Waals surface area contributed by atoms with Gasteiger partial charge >= 0.3 is 0 Å². The minimum Gasteiger partial charge on any atom is -0.497 e. The summed E-state index contributed by atoms with van der Waals surface area (Å²) in [7, 11) is 3.91. The molecule has 2 aliphatic heterocycles. The molecule has 1 saturated heterocycles. The zero-order chi connectivity index (χ0) is 21.5. The molecule has 0 aliphatic carbocycles. The van der Waals surface area contributed by atoms with Gasteiger partial charge in [0.15, 0.2) is 5.17 Å². The second kappa shape index (κ2) is 11.0. The van der Waals surface area contributed by atoms with Crippen molar-refractivity contribution in [1.29, 1.82) is 0 Å². The fraction of sp³-hybridized carbons (Fsp3) is 0.480. The van der Waals surface area contributed by atoms with Crippen molar-refractivity contribution in [2.45, 2.75) is 31.1 Å². The minimum absolute atomic E-state index is 0.573. The van der Waals surface area contributed by atoms with Crippen molar-refractivity contribution in [3.05, 3.63) is 59.7 Å². The molecule has 0 N–H and O–H groups in total. The molecule has 6 heteroatoms. The van der Waals surface area contributed by atoms with Crippen LogP contribution in [0.25, 0.3) is 0 Å². The molecule has 0 radical (unpaired) electrons. The summed E-state index contributed by atoms with van der Waals surface area (Å²) in [5.74, 6) is 1.92. The topological polar surface area (TPSA) is 37.3 Å². The van der Waals surface area contributed by atoms with Crippen LogP contribution in [-0.2, 0) is 16.9 Å². The molecule has 0 spiro atoms. The highest BCUT2D eigenvalue weighted by Gasteiger charge is 2.26. The molecular weight excluding hydrogens is 406 g/mol. The summed E-state index contributed by atoms with van der Waals surface area (Å²) in [5.41, 5.74) is 3.76. The SMILES string of the molecule is COc1ccc(CCOCCN2CCC(N(C)C3=Nc4ccccc4CS3)CC2)cc1. The number of para-hydroxylation sites is 1. The quantitative estimate of drug-likeness (QED) is 0.563. The zero-order valence-electron chi connectivity index (χ0n) is 18.6. The summed E-state index contributed by atoms with van der Waals surface area (Å²) in [5, 5.41) is 1.17. The van der Waals surface area contributed by atoms with E-state index in [4.69, 9.17) is 14.5 Å². The average Bonchev–Trinajstić information content (AvgIpc) is 2.84. The lowest BCUT2D eigenvalue weighted by Crippen LogP contribution is -2.45. The summed E-state index contributed by atoms with van der Waals surface area (Å²) < 4.78 is 11.1. The number of piperidine rings is 1. The van der Waals surface area contributed by atoms with Crippen LogP contribution in [0.15, 0.2) is 53.5 Å². The van der Waals surface area contributed by atoms with Gasteiger partial charge in [-0.2, -0.15) is 0 Å². The number of aliphatic imine (C=N–C) groups is 1. The van der Waals surface area contributed by atoms with E-state index in [1.54, 1.807) is 7.11 Å². The minimum atomic E-state index is 0.573. The van der Waals surface area contributed by atoms with E-state index in [2.05, 4.69) is 53.2 Å². The first-order chi connectivity index (χ1) is 15.2. The van der Waals surface area contributed by atoms with Gasteiger partial charge in [0.05, 0.1) is 26.0 Å². The Hall–Kier alpha value is -2.02. The first-order valence-electron chi connectivity index (χ1n) is 11.2. The Bertz CT molecular complexity index is 863. The fourth-order valence-electron chi connectivity index (χ4n) is 4.16. The molecule has 2 aromatic rings. The van der Waals surface area contributed by atoms with Gasteiger partial charge in [-0.15, -0.1) is 0 Å². The maximum atomic E-state index is 5.89. The van der Waals surface area contributed by atoms with Crippen molar-refractivity contribution in [1.82, 2.24) is 9.80 Å². The second-order valence-electron chi connectivity index (χ2n) is 8.21. The highest BCUT2D eigenvalue weighted by atomic mass is 32.2. The van der Waals surface area contributed by atoms with E-state index in [0.717, 1.165) is 56.5 Å². The van der Waals surface area contributed by atoms with E-state index in [1.807, 2.05) is 23.9 Å². The summed E-state index contributed by atoms with van der Waals surface area (Å²) in [6.45, 7) is 4.85. The number of amidine groups is 1. The molecule has 0 aromatic heterocycles. The molecule has 4 rings (SSSR count). The van der Waals surface area contributed by atoms with Crippen LogP contribution < -0.4 is 4.74 Å². The Morgan fingerprint density at radius 2 is 1.84 bits per heavy atom. The molecule has 2 aliphatic rings. The molecule has 1 fully saturated rings. The van der Waals surface area contributed by atoms with Crippen LogP contribution in [0.2, 0.25) is 0 Å². The van der Waals surface area contributed by atoms with Crippen molar-refractivity contribution in [3.8, 4) is 5.75 Å². The normalized spacial score (nSPS) is 17.2. The van der Waals surface area contributed by atoms with E-state index < -0.39 is 0 Å². The van der Waals surface area contributed by atoms with E-state index in [0.29, 0.717) is 6.04 Å². The standard InChI is InChI=1S/C25H33N3O2S/c1-27(25-26-24-6-4-3-5-21(24)19-31-25)22-11-14-28(15-12-22)16-18-30-17-13-20-7-9-23(29-2)10-8-20/h3-10,22H,11-19H2,1-2H3. The summed E-state index contributed by atoms with van der Waals surface area (Å²) >= 11 is 1.86. The van der Waals surface area contributed by atoms with Crippen LogP contribution in [0.3, 0.4) is 0 Å². The third kappa shape index (κ3) is 6.03. The third-order valence-electron chi connectivity index (χ3n) is 6.22. The smallest absolute Gasteiger partial charge is 0.164 e. The van der Waals surface area contributed by atoms with E-state index in [-0.39, 0.29) is 0 Å². The highest BCUT2D eigenvalue weighted by molar-refractivity contribution is 8.13. The molecule has 0 amide bonds. The first kappa shape index (κ1) is 22.2. The van der Waals surface area contributed by atoms with E-state index in [1.165, 1.54) is 29.1 Å². The first-order valence-corrected chi connectivity index (χ1v) is 12.2. The van der Waals surface area contributed by atoms with Gasteiger partial charge in [0.2, 0.25) is 0 Å². The third-order valence-corrected chi connectivity index (χ3v) is 7.31. The number of nitrogens with zero attached hydrogens (tertiary/aromatic N) is 3. The summed E-state index contributed by atoms with van der Waals surface area (Å²) in [6, 6.07) is 17.3. The van der Waals surface area contributed by atoms with Crippen LogP contribution in [0.4, 0.5) is 5.69 Å². The molecule has 0 saturated carbocycles. The number of hydrogen-bond acceptors (Lipinski definition) is 6. The van der Waals surface area contributed by atoms with Crippen LogP contribution in [0, 0.1) is 0 Å². The van der Waals surface area contributed by atoms with Crippen LogP contribution >= 0.6 is 11.8 Å². The number of benzene rings is 2. The van der Waals surface area contributed by atoms with Gasteiger partial charge in [-0.25, -0.2) is 4.99 Å². The molecule has 0 atom stereocenters. The Morgan fingerprint density at radius 1 is 1.06 bits per heavy atom. The number of rotatable bonds is 8.